The molecule has 25 heavy (non-hydrogen) atoms. The smallest absolute Gasteiger partial charge is 0.336 e. The number of esters is 1. The van der Waals surface area contributed by atoms with Crippen LogP contribution in [0.25, 0.3) is 11.1 Å². The largest absolute Gasteiger partial charge is 0.467 e. The van der Waals surface area contributed by atoms with Crippen LogP contribution >= 0.6 is 23.2 Å². The summed E-state index contributed by atoms with van der Waals surface area (Å²) in [4.78, 5) is 11.6. The normalized spacial score (nSPS) is 12.6. The molecule has 136 valence electrons. The van der Waals surface area contributed by atoms with E-state index in [1.165, 1.54) is 20.6 Å². The summed E-state index contributed by atoms with van der Waals surface area (Å²) < 4.78 is 9.82. The first kappa shape index (κ1) is 21.5. The highest BCUT2D eigenvalue weighted by atomic mass is 35.5. The quantitative estimate of drug-likeness (QED) is 0.606. The molecule has 0 bridgehead atoms. The lowest BCUT2D eigenvalue weighted by Crippen LogP contribution is -2.44. The van der Waals surface area contributed by atoms with Crippen molar-refractivity contribution in [3.8, 4) is 11.1 Å². The molecule has 0 saturated carbocycles. The lowest BCUT2D eigenvalue weighted by atomic mass is 9.99. The predicted molar refractivity (Wildman–Crippen MR) is 103 cm³/mol. The fourth-order valence-corrected chi connectivity index (χ4v) is 2.63. The van der Waals surface area contributed by atoms with Crippen molar-refractivity contribution in [3.05, 3.63) is 59.1 Å². The van der Waals surface area contributed by atoms with Gasteiger partial charge in [0.05, 0.1) is 7.11 Å². The number of benzene rings is 2. The number of hydrogen-bond donors (Lipinski definition) is 1. The van der Waals surface area contributed by atoms with E-state index >= 15 is 0 Å². The summed E-state index contributed by atoms with van der Waals surface area (Å²) in [5.41, 5.74) is 9.21. The van der Waals surface area contributed by atoms with E-state index in [0.29, 0.717) is 11.4 Å². The minimum Gasteiger partial charge on any atom is -0.467 e. The topological polar surface area (TPSA) is 61.5 Å². The van der Waals surface area contributed by atoms with Crippen LogP contribution in [0.15, 0.2) is 48.5 Å². The zero-order chi connectivity index (χ0) is 18.8. The van der Waals surface area contributed by atoms with Gasteiger partial charge in [-0.2, -0.15) is 0 Å². The van der Waals surface area contributed by atoms with Gasteiger partial charge >= 0.3 is 5.97 Å². The number of carbonyl (C=O) groups is 1. The summed E-state index contributed by atoms with van der Waals surface area (Å²) in [6.45, 7) is 0. The first-order chi connectivity index (χ1) is 12.0. The van der Waals surface area contributed by atoms with Crippen molar-refractivity contribution < 1.29 is 14.3 Å². The van der Waals surface area contributed by atoms with Crippen molar-refractivity contribution in [2.75, 3.05) is 20.6 Å². The summed E-state index contributed by atoms with van der Waals surface area (Å²) in [6.07, 6.45) is 1.22. The molecule has 4 nitrogen and oxygen atoms in total. The third-order valence-corrected chi connectivity index (χ3v) is 3.89. The maximum atomic E-state index is 11.6. The van der Waals surface area contributed by atoms with Crippen LogP contribution in [0.4, 0.5) is 0 Å². The van der Waals surface area contributed by atoms with Gasteiger partial charge in [0.25, 0.3) is 0 Å². The molecular formula is C19H23Cl2NO3. The summed E-state index contributed by atoms with van der Waals surface area (Å²) in [7, 11) is 2.77. The van der Waals surface area contributed by atoms with Crippen LogP contribution < -0.4 is 5.73 Å². The maximum absolute atomic E-state index is 11.6. The molecule has 0 aliphatic heterocycles. The SMILES string of the molecule is CCl.COC(=O)[C@H](OC)[C@H](N)Cc1ccc(-c2cccc(Cl)c2)cc1. The number of nitrogens with two attached hydrogens (primary N) is 1. The zero-order valence-electron chi connectivity index (χ0n) is 14.5. The van der Waals surface area contributed by atoms with Gasteiger partial charge < -0.3 is 15.2 Å². The Labute approximate surface area is 158 Å². The van der Waals surface area contributed by atoms with Gasteiger partial charge in [-0.15, -0.1) is 11.6 Å². The van der Waals surface area contributed by atoms with Gasteiger partial charge in [0.1, 0.15) is 0 Å². The molecule has 2 N–H and O–H groups in total. The van der Waals surface area contributed by atoms with E-state index in [2.05, 4.69) is 11.6 Å². The molecule has 0 fully saturated rings. The van der Waals surface area contributed by atoms with Crippen molar-refractivity contribution in [2.45, 2.75) is 18.6 Å². The number of rotatable bonds is 6. The van der Waals surface area contributed by atoms with Crippen LogP contribution in [0.3, 0.4) is 0 Å². The number of ether oxygens (including phenoxy) is 2. The van der Waals surface area contributed by atoms with Gasteiger partial charge in [-0.25, -0.2) is 4.79 Å². The third-order valence-electron chi connectivity index (χ3n) is 3.66. The Morgan fingerprint density at radius 1 is 1.08 bits per heavy atom. The minimum absolute atomic E-state index is 0.462. The molecule has 0 saturated heterocycles. The van der Waals surface area contributed by atoms with E-state index in [9.17, 15) is 4.79 Å². The molecular weight excluding hydrogens is 361 g/mol. The van der Waals surface area contributed by atoms with Gasteiger partial charge in [-0.1, -0.05) is 48.0 Å². The average Bonchev–Trinajstić information content (AvgIpc) is 2.64. The van der Waals surface area contributed by atoms with Crippen molar-refractivity contribution in [1.29, 1.82) is 0 Å². The number of halogens is 2. The van der Waals surface area contributed by atoms with E-state index in [0.717, 1.165) is 16.7 Å². The summed E-state index contributed by atoms with van der Waals surface area (Å²) in [5, 5.41) is 0.703. The highest BCUT2D eigenvalue weighted by Gasteiger charge is 2.26. The van der Waals surface area contributed by atoms with Gasteiger partial charge in [0, 0.05) is 24.6 Å². The molecule has 2 aromatic carbocycles. The molecule has 0 aromatic heterocycles. The number of carbonyl (C=O) groups excluding carboxylic acids is 1. The van der Waals surface area contributed by atoms with Gasteiger partial charge in [-0.3, -0.25) is 0 Å². The monoisotopic (exact) mass is 383 g/mol. The van der Waals surface area contributed by atoms with Crippen LogP contribution in [-0.2, 0) is 20.7 Å². The Morgan fingerprint density at radius 3 is 2.24 bits per heavy atom. The van der Waals surface area contributed by atoms with Crippen LogP contribution in [0.1, 0.15) is 5.56 Å². The number of alkyl halides is 1. The van der Waals surface area contributed by atoms with E-state index in [4.69, 9.17) is 26.8 Å². The van der Waals surface area contributed by atoms with Crippen molar-refractivity contribution in [3.63, 3.8) is 0 Å². The van der Waals surface area contributed by atoms with Crippen LogP contribution in [0, 0.1) is 0 Å². The van der Waals surface area contributed by atoms with Crippen LogP contribution in [-0.4, -0.2) is 38.7 Å². The molecule has 2 aromatic rings. The highest BCUT2D eigenvalue weighted by Crippen LogP contribution is 2.23. The van der Waals surface area contributed by atoms with Crippen LogP contribution in [0.5, 0.6) is 0 Å². The summed E-state index contributed by atoms with van der Waals surface area (Å²) in [6, 6.07) is 15.2. The predicted octanol–water partition coefficient (Wildman–Crippen LogP) is 3.92. The van der Waals surface area contributed by atoms with Gasteiger partial charge in [0.2, 0.25) is 0 Å². The Bertz CT molecular complexity index is 662. The molecule has 6 heteroatoms. The van der Waals surface area contributed by atoms with Gasteiger partial charge in [-0.05, 0) is 35.2 Å². The van der Waals surface area contributed by atoms with E-state index in [1.54, 1.807) is 0 Å². The molecule has 0 radical (unpaired) electrons. The maximum Gasteiger partial charge on any atom is 0.336 e. The Morgan fingerprint density at radius 2 is 1.72 bits per heavy atom. The lowest BCUT2D eigenvalue weighted by molar-refractivity contribution is -0.153. The minimum atomic E-state index is -0.771. The van der Waals surface area contributed by atoms with Crippen molar-refractivity contribution in [2.24, 2.45) is 5.73 Å². The zero-order valence-corrected chi connectivity index (χ0v) is 16.1. The van der Waals surface area contributed by atoms with Gasteiger partial charge in [0.15, 0.2) is 6.10 Å². The molecule has 0 unspecified atom stereocenters. The summed E-state index contributed by atoms with van der Waals surface area (Å²) >= 11 is 10.7. The first-order valence-corrected chi connectivity index (χ1v) is 8.77. The highest BCUT2D eigenvalue weighted by molar-refractivity contribution is 6.30. The van der Waals surface area contributed by atoms with Crippen molar-refractivity contribution >= 4 is 29.2 Å². The van der Waals surface area contributed by atoms with E-state index < -0.39 is 18.1 Å². The third kappa shape index (κ3) is 6.33. The van der Waals surface area contributed by atoms with E-state index in [1.807, 2.05) is 48.5 Å². The number of hydrogen-bond acceptors (Lipinski definition) is 4. The molecule has 0 aliphatic rings. The lowest BCUT2D eigenvalue weighted by Gasteiger charge is -2.20. The Hall–Kier alpha value is -1.59. The molecule has 0 amide bonds. The average molecular weight is 384 g/mol. The second-order valence-electron chi connectivity index (χ2n) is 5.25. The molecule has 2 rings (SSSR count). The first-order valence-electron chi connectivity index (χ1n) is 7.64. The standard InChI is InChI=1S/C18H20ClNO3.CH3Cl/c1-22-17(18(21)23-2)16(20)10-12-6-8-13(9-7-12)14-4-3-5-15(19)11-14;1-2/h3-9,11,16-17H,10,20H2,1-2H3;1H3/t16-,17-;/m1./s1. The molecule has 0 heterocycles. The molecule has 0 aliphatic carbocycles. The molecule has 2 atom stereocenters. The van der Waals surface area contributed by atoms with Crippen molar-refractivity contribution in [1.82, 2.24) is 0 Å². The Balaban J connectivity index is 0.00000151. The summed E-state index contributed by atoms with van der Waals surface area (Å²) in [5.74, 6) is -0.462. The Kier molecular flexibility index (Phi) is 9.53. The fraction of sp³-hybridized carbons (Fsp3) is 0.316. The second kappa shape index (κ2) is 11.1. The number of methoxy groups -OCH3 is 2. The fourth-order valence-electron chi connectivity index (χ4n) is 2.44. The van der Waals surface area contributed by atoms with Crippen LogP contribution in [0.2, 0.25) is 5.02 Å². The molecule has 0 spiro atoms. The second-order valence-corrected chi connectivity index (χ2v) is 5.69. The van der Waals surface area contributed by atoms with E-state index in [-0.39, 0.29) is 0 Å².